The fourth-order valence-corrected chi connectivity index (χ4v) is 2.34. The fourth-order valence-electron chi connectivity index (χ4n) is 2.17. The van der Waals surface area contributed by atoms with E-state index in [1.54, 1.807) is 20.2 Å². The van der Waals surface area contributed by atoms with Gasteiger partial charge in [0.2, 0.25) is 0 Å². The predicted octanol–water partition coefficient (Wildman–Crippen LogP) is 2.80. The van der Waals surface area contributed by atoms with E-state index >= 15 is 0 Å². The molecular formula is C19H21N3O3S. The van der Waals surface area contributed by atoms with Gasteiger partial charge in [-0.1, -0.05) is 30.3 Å². The topological polar surface area (TPSA) is 72.0 Å². The Bertz CT molecular complexity index is 748. The molecule has 0 fully saturated rings. The third kappa shape index (κ3) is 5.86. The Morgan fingerprint density at radius 2 is 1.88 bits per heavy atom. The molecule has 2 aromatic carbocycles. The van der Waals surface area contributed by atoms with Crippen molar-refractivity contribution in [3.8, 4) is 5.75 Å². The second-order valence-corrected chi connectivity index (χ2v) is 5.62. The number of rotatable bonds is 7. The Balaban J connectivity index is 1.97. The number of methoxy groups -OCH3 is 1. The van der Waals surface area contributed by atoms with Crippen molar-refractivity contribution in [1.29, 1.82) is 0 Å². The number of hydrogen-bond donors (Lipinski definition) is 2. The molecule has 0 amide bonds. The first-order valence-electron chi connectivity index (χ1n) is 8.09. The highest BCUT2D eigenvalue weighted by Gasteiger charge is 2.22. The molecule has 0 saturated carbocycles. The van der Waals surface area contributed by atoms with Gasteiger partial charge in [-0.25, -0.2) is 4.79 Å². The normalized spacial score (nSPS) is 11.6. The van der Waals surface area contributed by atoms with Crippen LogP contribution < -0.4 is 15.5 Å². The van der Waals surface area contributed by atoms with Crippen molar-refractivity contribution < 1.29 is 14.3 Å². The molecule has 2 aromatic rings. The van der Waals surface area contributed by atoms with Crippen LogP contribution in [0.1, 0.15) is 24.1 Å². The number of esters is 1. The molecule has 2 rings (SSSR count). The van der Waals surface area contributed by atoms with E-state index in [1.165, 1.54) is 0 Å². The number of hydrogen-bond acceptors (Lipinski definition) is 5. The summed E-state index contributed by atoms with van der Waals surface area (Å²) >= 11 is 5.22. The van der Waals surface area contributed by atoms with Gasteiger partial charge < -0.3 is 14.8 Å². The molecule has 1 unspecified atom stereocenters. The van der Waals surface area contributed by atoms with Crippen LogP contribution in [-0.2, 0) is 9.53 Å². The maximum atomic E-state index is 12.2. The molecule has 136 valence electrons. The number of nitrogens with one attached hydrogen (secondary N) is 2. The van der Waals surface area contributed by atoms with Gasteiger partial charge in [-0.3, -0.25) is 5.43 Å². The predicted molar refractivity (Wildman–Crippen MR) is 105 cm³/mol. The van der Waals surface area contributed by atoms with Gasteiger partial charge >= 0.3 is 5.97 Å². The molecule has 0 radical (unpaired) electrons. The average Bonchev–Trinajstić information content (AvgIpc) is 2.67. The van der Waals surface area contributed by atoms with Gasteiger partial charge in [0, 0.05) is 0 Å². The van der Waals surface area contributed by atoms with Crippen molar-refractivity contribution in [2.75, 3.05) is 13.7 Å². The Labute approximate surface area is 158 Å². The van der Waals surface area contributed by atoms with Crippen molar-refractivity contribution in [1.82, 2.24) is 10.7 Å². The summed E-state index contributed by atoms with van der Waals surface area (Å²) in [5.41, 5.74) is 4.35. The quantitative estimate of drug-likeness (QED) is 0.338. The SMILES string of the molecule is CCOC(=O)C(NC(=S)NN=Cc1ccc(OC)cc1)c1ccccc1. The lowest BCUT2D eigenvalue weighted by molar-refractivity contribution is -0.145. The van der Waals surface area contributed by atoms with Crippen molar-refractivity contribution in [3.05, 3.63) is 65.7 Å². The minimum absolute atomic E-state index is 0.219. The number of benzene rings is 2. The summed E-state index contributed by atoms with van der Waals surface area (Å²) in [6.45, 7) is 2.05. The number of hydrazone groups is 1. The molecule has 0 saturated heterocycles. The molecule has 6 nitrogen and oxygen atoms in total. The van der Waals surface area contributed by atoms with E-state index in [9.17, 15) is 4.79 Å². The van der Waals surface area contributed by atoms with Gasteiger partial charge in [-0.2, -0.15) is 5.10 Å². The second-order valence-electron chi connectivity index (χ2n) is 5.21. The highest BCUT2D eigenvalue weighted by Crippen LogP contribution is 2.14. The van der Waals surface area contributed by atoms with Crippen LogP contribution in [0.5, 0.6) is 5.75 Å². The van der Waals surface area contributed by atoms with Crippen molar-refractivity contribution in [2.45, 2.75) is 13.0 Å². The molecule has 0 aliphatic rings. The first kappa shape index (κ1) is 19.4. The molecule has 7 heteroatoms. The lowest BCUT2D eigenvalue weighted by Crippen LogP contribution is -2.39. The molecule has 0 aliphatic carbocycles. The summed E-state index contributed by atoms with van der Waals surface area (Å²) in [5.74, 6) is 0.370. The summed E-state index contributed by atoms with van der Waals surface area (Å²) in [6.07, 6.45) is 1.62. The van der Waals surface area contributed by atoms with Crippen LogP contribution in [0.3, 0.4) is 0 Å². The Hall–Kier alpha value is -2.93. The zero-order valence-corrected chi connectivity index (χ0v) is 15.5. The van der Waals surface area contributed by atoms with E-state index in [2.05, 4.69) is 15.8 Å². The molecule has 0 bridgehead atoms. The number of nitrogens with zero attached hydrogens (tertiary/aromatic N) is 1. The average molecular weight is 371 g/mol. The van der Waals surface area contributed by atoms with E-state index in [0.29, 0.717) is 6.61 Å². The number of thiocarbonyl (C=S) groups is 1. The van der Waals surface area contributed by atoms with Gasteiger partial charge in [0.1, 0.15) is 5.75 Å². The fraction of sp³-hybridized carbons (Fsp3) is 0.211. The zero-order chi connectivity index (χ0) is 18.8. The largest absolute Gasteiger partial charge is 0.497 e. The maximum absolute atomic E-state index is 12.2. The summed E-state index contributed by atoms with van der Waals surface area (Å²) < 4.78 is 10.2. The first-order chi connectivity index (χ1) is 12.6. The standard InChI is InChI=1S/C19H21N3O3S/c1-3-25-18(23)17(15-7-5-4-6-8-15)21-19(26)22-20-13-14-9-11-16(24-2)12-10-14/h4-13,17H,3H2,1-2H3,(H2,21,22,26). The third-order valence-electron chi connectivity index (χ3n) is 3.43. The molecule has 0 spiro atoms. The van der Waals surface area contributed by atoms with Gasteiger partial charge in [-0.15, -0.1) is 0 Å². The van der Waals surface area contributed by atoms with E-state index < -0.39 is 12.0 Å². The molecular weight excluding hydrogens is 350 g/mol. The molecule has 2 N–H and O–H groups in total. The van der Waals surface area contributed by atoms with E-state index in [1.807, 2.05) is 54.6 Å². The van der Waals surface area contributed by atoms with Crippen molar-refractivity contribution in [2.24, 2.45) is 5.10 Å². The minimum Gasteiger partial charge on any atom is -0.497 e. The van der Waals surface area contributed by atoms with Crippen molar-refractivity contribution in [3.63, 3.8) is 0 Å². The zero-order valence-electron chi connectivity index (χ0n) is 14.6. The van der Waals surface area contributed by atoms with Gasteiger partial charge in [0.25, 0.3) is 0 Å². The second kappa shape index (κ2) is 10.1. The molecule has 0 aromatic heterocycles. The molecule has 26 heavy (non-hydrogen) atoms. The highest BCUT2D eigenvalue weighted by atomic mass is 32.1. The number of carbonyl (C=O) groups is 1. The van der Waals surface area contributed by atoms with E-state index in [4.69, 9.17) is 21.7 Å². The lowest BCUT2D eigenvalue weighted by Gasteiger charge is -2.18. The molecule has 0 aliphatic heterocycles. The van der Waals surface area contributed by atoms with Crippen LogP contribution in [0.15, 0.2) is 59.7 Å². The number of carbonyl (C=O) groups excluding carboxylic acids is 1. The van der Waals surface area contributed by atoms with E-state index in [0.717, 1.165) is 16.9 Å². The van der Waals surface area contributed by atoms with Crippen LogP contribution in [0.4, 0.5) is 0 Å². The third-order valence-corrected chi connectivity index (χ3v) is 3.64. The van der Waals surface area contributed by atoms with E-state index in [-0.39, 0.29) is 5.11 Å². The Morgan fingerprint density at radius 1 is 1.19 bits per heavy atom. The van der Waals surface area contributed by atoms with Crippen LogP contribution in [-0.4, -0.2) is 31.0 Å². The smallest absolute Gasteiger partial charge is 0.333 e. The number of ether oxygens (including phenoxy) is 2. The Morgan fingerprint density at radius 3 is 2.50 bits per heavy atom. The molecule has 1 atom stereocenters. The van der Waals surface area contributed by atoms with Gasteiger partial charge in [0.05, 0.1) is 19.9 Å². The van der Waals surface area contributed by atoms with Crippen LogP contribution in [0.25, 0.3) is 0 Å². The lowest BCUT2D eigenvalue weighted by atomic mass is 10.1. The summed E-state index contributed by atoms with van der Waals surface area (Å²) in [6, 6.07) is 15.9. The Kier molecular flexibility index (Phi) is 7.57. The van der Waals surface area contributed by atoms with Gasteiger partial charge in [0.15, 0.2) is 11.2 Å². The monoisotopic (exact) mass is 371 g/mol. The summed E-state index contributed by atoms with van der Waals surface area (Å²) in [5, 5.41) is 7.23. The highest BCUT2D eigenvalue weighted by molar-refractivity contribution is 7.80. The van der Waals surface area contributed by atoms with Crippen LogP contribution in [0, 0.1) is 0 Å². The van der Waals surface area contributed by atoms with Gasteiger partial charge in [-0.05, 0) is 54.5 Å². The van der Waals surface area contributed by atoms with Crippen LogP contribution in [0.2, 0.25) is 0 Å². The van der Waals surface area contributed by atoms with Crippen molar-refractivity contribution >= 4 is 29.5 Å². The maximum Gasteiger partial charge on any atom is 0.333 e. The minimum atomic E-state index is -0.702. The summed E-state index contributed by atoms with van der Waals surface area (Å²) in [7, 11) is 1.61. The van der Waals surface area contributed by atoms with Crippen LogP contribution >= 0.6 is 12.2 Å². The molecule has 0 heterocycles. The summed E-state index contributed by atoms with van der Waals surface area (Å²) in [4.78, 5) is 12.2. The first-order valence-corrected chi connectivity index (χ1v) is 8.50.